The fourth-order valence-electron chi connectivity index (χ4n) is 4.18. The molecule has 1 aliphatic heterocycles. The Kier molecular flexibility index (Phi) is 10.3. The Hall–Kier alpha value is -3.21. The molecule has 9 heteroatoms. The number of thioether (sulfide) groups is 1. The Labute approximate surface area is 226 Å². The summed E-state index contributed by atoms with van der Waals surface area (Å²) in [5, 5.41) is 20.8. The number of amides is 2. The third-order valence-corrected chi connectivity index (χ3v) is 7.31. The second-order valence-electron chi connectivity index (χ2n) is 9.04. The van der Waals surface area contributed by atoms with Crippen LogP contribution in [0.4, 0.5) is 5.69 Å². The van der Waals surface area contributed by atoms with Gasteiger partial charge in [-0.05, 0) is 41.8 Å². The summed E-state index contributed by atoms with van der Waals surface area (Å²) in [5.74, 6) is 0.0109. The van der Waals surface area contributed by atoms with Crippen LogP contribution in [0.2, 0.25) is 0 Å². The highest BCUT2D eigenvalue weighted by atomic mass is 32.2. The van der Waals surface area contributed by atoms with Crippen LogP contribution in [0.5, 0.6) is 0 Å². The number of carbonyl (C=O) groups is 2. The van der Waals surface area contributed by atoms with E-state index in [9.17, 15) is 14.7 Å². The number of hydrogen-bond donors (Lipinski definition) is 4. The molecule has 3 atom stereocenters. The predicted molar refractivity (Wildman–Crippen MR) is 144 cm³/mol. The van der Waals surface area contributed by atoms with Crippen LogP contribution in [0.25, 0.3) is 0 Å². The normalized spacial score (nSPS) is 19.1. The number of nitrogens with one attached hydrogen (secondary N) is 2. The standard InChI is InChI=1S/C29H32N2O6S/c32-18-20-12-14-21(15-13-20)26-17-24(19-38-25-8-2-1-3-9-25)36-29(37-26)22-6-4-7-23(16-22)30-27(33)10-5-11-28(34)31-35/h1-4,6-9,12-16,24,26,29,32,35H,5,10-11,17-19H2,(H,30,33)(H,31,34)/t24-,26+,29+/m0/s1. The fourth-order valence-corrected chi connectivity index (χ4v) is 5.12. The first kappa shape index (κ1) is 27.8. The zero-order chi connectivity index (χ0) is 26.7. The zero-order valence-corrected chi connectivity index (χ0v) is 21.7. The average molecular weight is 537 g/mol. The minimum Gasteiger partial charge on any atom is -0.392 e. The summed E-state index contributed by atoms with van der Waals surface area (Å²) in [6, 6.07) is 25.3. The van der Waals surface area contributed by atoms with Crippen LogP contribution in [-0.2, 0) is 25.7 Å². The maximum atomic E-state index is 12.3. The molecule has 0 aliphatic carbocycles. The number of hydrogen-bond acceptors (Lipinski definition) is 7. The Morgan fingerprint density at radius 2 is 1.66 bits per heavy atom. The van der Waals surface area contributed by atoms with Crippen molar-refractivity contribution in [3.8, 4) is 0 Å². The van der Waals surface area contributed by atoms with Gasteiger partial charge in [0.2, 0.25) is 11.8 Å². The molecule has 0 saturated carbocycles. The highest BCUT2D eigenvalue weighted by molar-refractivity contribution is 7.99. The van der Waals surface area contributed by atoms with Crippen molar-refractivity contribution in [2.75, 3.05) is 11.1 Å². The van der Waals surface area contributed by atoms with Gasteiger partial charge in [0.1, 0.15) is 0 Å². The van der Waals surface area contributed by atoms with Crippen LogP contribution in [0.3, 0.4) is 0 Å². The number of aliphatic hydroxyl groups excluding tert-OH is 1. The minimum atomic E-state index is -0.627. The Morgan fingerprint density at radius 1 is 0.895 bits per heavy atom. The van der Waals surface area contributed by atoms with E-state index < -0.39 is 12.2 Å². The summed E-state index contributed by atoms with van der Waals surface area (Å²) in [6.45, 7) is -0.0129. The molecule has 200 valence electrons. The molecule has 1 aliphatic rings. The summed E-state index contributed by atoms with van der Waals surface area (Å²) in [7, 11) is 0. The molecular formula is C29H32N2O6S. The van der Waals surface area contributed by atoms with Gasteiger partial charge in [-0.2, -0.15) is 0 Å². The van der Waals surface area contributed by atoms with Crippen molar-refractivity contribution >= 4 is 29.3 Å². The third kappa shape index (κ3) is 8.14. The van der Waals surface area contributed by atoms with Gasteiger partial charge in [0.15, 0.2) is 6.29 Å². The van der Waals surface area contributed by atoms with Crippen LogP contribution in [0.15, 0.2) is 83.8 Å². The molecule has 0 radical (unpaired) electrons. The Balaban J connectivity index is 1.46. The van der Waals surface area contributed by atoms with E-state index in [2.05, 4.69) is 17.4 Å². The van der Waals surface area contributed by atoms with E-state index in [-0.39, 0.29) is 37.6 Å². The quantitative estimate of drug-likeness (QED) is 0.152. The largest absolute Gasteiger partial charge is 0.392 e. The molecule has 2 amide bonds. The second-order valence-corrected chi connectivity index (χ2v) is 10.1. The molecule has 0 bridgehead atoms. The summed E-state index contributed by atoms with van der Waals surface area (Å²) in [6.07, 6.45) is 0.334. The first-order chi connectivity index (χ1) is 18.5. The molecule has 4 rings (SSSR count). The van der Waals surface area contributed by atoms with Gasteiger partial charge in [0.05, 0.1) is 18.8 Å². The summed E-state index contributed by atoms with van der Waals surface area (Å²) in [5.41, 5.74) is 4.81. The van der Waals surface area contributed by atoms with Crippen molar-refractivity contribution in [3.05, 3.63) is 95.6 Å². The molecule has 4 N–H and O–H groups in total. The van der Waals surface area contributed by atoms with Gasteiger partial charge >= 0.3 is 0 Å². The van der Waals surface area contributed by atoms with Crippen LogP contribution in [0.1, 0.15) is 54.8 Å². The highest BCUT2D eigenvalue weighted by Crippen LogP contribution is 2.39. The van der Waals surface area contributed by atoms with E-state index in [4.69, 9.17) is 14.7 Å². The monoisotopic (exact) mass is 536 g/mol. The topological polar surface area (TPSA) is 117 Å². The molecule has 0 spiro atoms. The molecule has 3 aromatic rings. The molecule has 1 fully saturated rings. The molecule has 0 unspecified atom stereocenters. The molecule has 1 saturated heterocycles. The van der Waals surface area contributed by atoms with Crippen LogP contribution in [0, 0.1) is 0 Å². The molecule has 8 nitrogen and oxygen atoms in total. The zero-order valence-electron chi connectivity index (χ0n) is 20.9. The lowest BCUT2D eigenvalue weighted by Crippen LogP contribution is -2.31. The fraction of sp³-hybridized carbons (Fsp3) is 0.310. The van der Waals surface area contributed by atoms with E-state index in [1.54, 1.807) is 23.3 Å². The van der Waals surface area contributed by atoms with Gasteiger partial charge < -0.3 is 19.9 Å². The molecule has 0 aromatic heterocycles. The lowest BCUT2D eigenvalue weighted by molar-refractivity contribution is -0.245. The smallest absolute Gasteiger partial charge is 0.243 e. The maximum Gasteiger partial charge on any atom is 0.243 e. The molecule has 38 heavy (non-hydrogen) atoms. The van der Waals surface area contributed by atoms with Gasteiger partial charge in [-0.1, -0.05) is 54.6 Å². The lowest BCUT2D eigenvalue weighted by atomic mass is 10.0. The van der Waals surface area contributed by atoms with Gasteiger partial charge in [-0.25, -0.2) is 5.48 Å². The van der Waals surface area contributed by atoms with Gasteiger partial charge in [-0.15, -0.1) is 11.8 Å². The molecular weight excluding hydrogens is 504 g/mol. The Morgan fingerprint density at radius 3 is 2.39 bits per heavy atom. The van der Waals surface area contributed by atoms with Crippen molar-refractivity contribution in [3.63, 3.8) is 0 Å². The van der Waals surface area contributed by atoms with Crippen molar-refractivity contribution in [2.45, 2.75) is 55.7 Å². The Bertz CT molecular complexity index is 1190. The van der Waals surface area contributed by atoms with E-state index >= 15 is 0 Å². The van der Waals surface area contributed by atoms with E-state index in [0.29, 0.717) is 18.5 Å². The number of rotatable bonds is 11. The highest BCUT2D eigenvalue weighted by Gasteiger charge is 2.32. The van der Waals surface area contributed by atoms with Gasteiger partial charge in [0, 0.05) is 41.2 Å². The number of carbonyl (C=O) groups excluding carboxylic acids is 2. The van der Waals surface area contributed by atoms with Crippen molar-refractivity contribution in [1.82, 2.24) is 5.48 Å². The number of aliphatic hydroxyl groups is 1. The first-order valence-electron chi connectivity index (χ1n) is 12.5. The van der Waals surface area contributed by atoms with Crippen molar-refractivity contribution < 1.29 is 29.4 Å². The third-order valence-electron chi connectivity index (χ3n) is 6.17. The average Bonchev–Trinajstić information content (AvgIpc) is 2.96. The molecule has 3 aromatic carbocycles. The molecule has 1 heterocycles. The summed E-state index contributed by atoms with van der Waals surface area (Å²) in [4.78, 5) is 24.7. The second kappa shape index (κ2) is 14.1. The van der Waals surface area contributed by atoms with Gasteiger partial charge in [0.25, 0.3) is 0 Å². The number of ether oxygens (including phenoxy) is 2. The summed E-state index contributed by atoms with van der Waals surface area (Å²) >= 11 is 1.74. The SMILES string of the molecule is O=C(CCCC(=O)Nc1cccc([C@@H]2O[C@H](CSc3ccccc3)C[C@H](c3ccc(CO)cc3)O2)c1)NO. The van der Waals surface area contributed by atoms with Crippen LogP contribution >= 0.6 is 11.8 Å². The minimum absolute atomic E-state index is 0.0129. The van der Waals surface area contributed by atoms with Crippen LogP contribution in [-0.4, -0.2) is 34.0 Å². The summed E-state index contributed by atoms with van der Waals surface area (Å²) < 4.78 is 12.8. The number of benzene rings is 3. The van der Waals surface area contributed by atoms with E-state index in [0.717, 1.165) is 22.4 Å². The maximum absolute atomic E-state index is 12.3. The van der Waals surface area contributed by atoms with Crippen molar-refractivity contribution in [2.24, 2.45) is 0 Å². The van der Waals surface area contributed by atoms with Gasteiger partial charge in [-0.3, -0.25) is 14.8 Å². The first-order valence-corrected chi connectivity index (χ1v) is 13.5. The lowest BCUT2D eigenvalue weighted by Gasteiger charge is -2.36. The van der Waals surface area contributed by atoms with E-state index in [1.165, 1.54) is 4.90 Å². The van der Waals surface area contributed by atoms with E-state index in [1.807, 2.05) is 60.7 Å². The van der Waals surface area contributed by atoms with Crippen molar-refractivity contribution in [1.29, 1.82) is 0 Å². The van der Waals surface area contributed by atoms with Crippen LogP contribution < -0.4 is 10.8 Å². The number of anilines is 1. The number of hydroxylamine groups is 1. The predicted octanol–water partition coefficient (Wildman–Crippen LogP) is 5.13.